The highest BCUT2D eigenvalue weighted by atomic mass is 16.2. The van der Waals surface area contributed by atoms with Crippen LogP contribution in [0.3, 0.4) is 0 Å². The number of piperidine rings is 1. The Kier molecular flexibility index (Phi) is 3.14. The summed E-state index contributed by atoms with van der Waals surface area (Å²) < 4.78 is 0. The summed E-state index contributed by atoms with van der Waals surface area (Å²) in [4.78, 5) is 13.2. The van der Waals surface area contributed by atoms with Crippen LogP contribution in [0.5, 0.6) is 0 Å². The zero-order valence-electron chi connectivity index (χ0n) is 9.30. The van der Waals surface area contributed by atoms with E-state index < -0.39 is 0 Å². The van der Waals surface area contributed by atoms with Crippen molar-refractivity contribution < 1.29 is 4.79 Å². The van der Waals surface area contributed by atoms with Gasteiger partial charge in [0.25, 0.3) is 0 Å². The zero-order valence-corrected chi connectivity index (χ0v) is 9.30. The lowest BCUT2D eigenvalue weighted by Crippen LogP contribution is -2.49. The van der Waals surface area contributed by atoms with Crippen LogP contribution in [0, 0.1) is 5.41 Å². The Bertz CT molecular complexity index is 226. The van der Waals surface area contributed by atoms with Gasteiger partial charge in [0, 0.05) is 13.1 Å². The van der Waals surface area contributed by atoms with E-state index in [1.165, 1.54) is 44.9 Å². The Hall–Kier alpha value is -0.770. The summed E-state index contributed by atoms with van der Waals surface area (Å²) in [7, 11) is 0. The molecule has 0 radical (unpaired) electrons. The Morgan fingerprint density at radius 3 is 2.20 bits per heavy atom. The molecule has 2 rings (SSSR count). The third-order valence-corrected chi connectivity index (χ3v) is 4.15. The van der Waals surface area contributed by atoms with Gasteiger partial charge in [-0.25, -0.2) is 10.6 Å². The molecule has 4 nitrogen and oxygen atoms in total. The van der Waals surface area contributed by atoms with Gasteiger partial charge >= 0.3 is 6.03 Å². The maximum Gasteiger partial charge on any atom is 0.331 e. The van der Waals surface area contributed by atoms with E-state index in [1.54, 1.807) is 0 Å². The van der Waals surface area contributed by atoms with Crippen molar-refractivity contribution in [1.82, 2.24) is 10.3 Å². The molecule has 4 heteroatoms. The van der Waals surface area contributed by atoms with Crippen LogP contribution in [0.15, 0.2) is 0 Å². The van der Waals surface area contributed by atoms with E-state index in [1.807, 2.05) is 4.90 Å². The first-order valence-corrected chi connectivity index (χ1v) is 6.01. The Morgan fingerprint density at radius 2 is 1.67 bits per heavy atom. The number of rotatable bonds is 0. The number of carbonyl (C=O) groups excluding carboxylic acids is 1. The molecule has 0 aromatic rings. The SMILES string of the molecule is NNC(=O)N1CCC2(CCCCC2)CC1. The molecule has 1 spiro atoms. The topological polar surface area (TPSA) is 58.4 Å². The fraction of sp³-hybridized carbons (Fsp3) is 0.909. The summed E-state index contributed by atoms with van der Waals surface area (Å²) in [5.74, 6) is 5.13. The number of nitrogens with zero attached hydrogens (tertiary/aromatic N) is 1. The molecule has 2 fully saturated rings. The van der Waals surface area contributed by atoms with Crippen molar-refractivity contribution in [2.75, 3.05) is 13.1 Å². The minimum atomic E-state index is -0.124. The van der Waals surface area contributed by atoms with Crippen molar-refractivity contribution in [2.24, 2.45) is 11.3 Å². The zero-order chi connectivity index (χ0) is 10.7. The molecule has 2 amide bonds. The van der Waals surface area contributed by atoms with Crippen LogP contribution >= 0.6 is 0 Å². The van der Waals surface area contributed by atoms with Crippen molar-refractivity contribution in [3.05, 3.63) is 0 Å². The molecule has 1 saturated heterocycles. The van der Waals surface area contributed by atoms with E-state index in [9.17, 15) is 4.79 Å². The van der Waals surface area contributed by atoms with Gasteiger partial charge in [-0.15, -0.1) is 0 Å². The van der Waals surface area contributed by atoms with E-state index in [0.29, 0.717) is 5.41 Å². The highest BCUT2D eigenvalue weighted by molar-refractivity contribution is 5.73. The number of amides is 2. The second-order valence-electron chi connectivity index (χ2n) is 5.00. The number of hydrogen-bond acceptors (Lipinski definition) is 2. The molecule has 0 atom stereocenters. The monoisotopic (exact) mass is 211 g/mol. The third-order valence-electron chi connectivity index (χ3n) is 4.15. The smallest absolute Gasteiger partial charge is 0.324 e. The van der Waals surface area contributed by atoms with E-state index in [0.717, 1.165) is 13.1 Å². The van der Waals surface area contributed by atoms with Crippen molar-refractivity contribution in [3.8, 4) is 0 Å². The third kappa shape index (κ3) is 2.25. The van der Waals surface area contributed by atoms with Crippen LogP contribution in [-0.4, -0.2) is 24.0 Å². The Balaban J connectivity index is 1.88. The average Bonchev–Trinajstić information content (AvgIpc) is 2.30. The van der Waals surface area contributed by atoms with Gasteiger partial charge in [-0.3, -0.25) is 5.43 Å². The molecule has 0 unspecified atom stereocenters. The Morgan fingerprint density at radius 1 is 1.07 bits per heavy atom. The molecule has 0 bridgehead atoms. The first-order chi connectivity index (χ1) is 7.26. The molecular formula is C11H21N3O. The number of nitrogens with two attached hydrogens (primary N) is 1. The van der Waals surface area contributed by atoms with Gasteiger partial charge in [0.1, 0.15) is 0 Å². The molecule has 1 aliphatic heterocycles. The summed E-state index contributed by atoms with van der Waals surface area (Å²) in [6, 6.07) is -0.124. The normalized spacial score (nSPS) is 25.3. The molecule has 3 N–H and O–H groups in total. The van der Waals surface area contributed by atoms with Gasteiger partial charge in [0.15, 0.2) is 0 Å². The first kappa shape index (κ1) is 10.7. The number of likely N-dealkylation sites (tertiary alicyclic amines) is 1. The standard InChI is InChI=1S/C11H21N3O/c12-13-10(15)14-8-6-11(7-9-14)4-2-1-3-5-11/h1-9,12H2,(H,13,15). The van der Waals surface area contributed by atoms with Crippen molar-refractivity contribution in [3.63, 3.8) is 0 Å². The molecular weight excluding hydrogens is 190 g/mol. The van der Waals surface area contributed by atoms with Crippen molar-refractivity contribution >= 4 is 6.03 Å². The first-order valence-electron chi connectivity index (χ1n) is 6.01. The minimum Gasteiger partial charge on any atom is -0.324 e. The number of hydrazine groups is 1. The fourth-order valence-corrected chi connectivity index (χ4v) is 3.08. The lowest BCUT2D eigenvalue weighted by molar-refractivity contribution is 0.0813. The van der Waals surface area contributed by atoms with E-state index in [4.69, 9.17) is 5.84 Å². The second-order valence-corrected chi connectivity index (χ2v) is 5.00. The molecule has 0 aromatic heterocycles. The summed E-state index contributed by atoms with van der Waals surface area (Å²) >= 11 is 0. The van der Waals surface area contributed by atoms with Gasteiger partial charge in [-0.2, -0.15) is 0 Å². The van der Waals surface area contributed by atoms with E-state index >= 15 is 0 Å². The molecule has 86 valence electrons. The highest BCUT2D eigenvalue weighted by Crippen LogP contribution is 2.44. The maximum absolute atomic E-state index is 11.3. The van der Waals surface area contributed by atoms with Crippen molar-refractivity contribution in [1.29, 1.82) is 0 Å². The lowest BCUT2D eigenvalue weighted by Gasteiger charge is -2.44. The van der Waals surface area contributed by atoms with Crippen LogP contribution in [0.1, 0.15) is 44.9 Å². The molecule has 1 aliphatic carbocycles. The minimum absolute atomic E-state index is 0.124. The van der Waals surface area contributed by atoms with Crippen molar-refractivity contribution in [2.45, 2.75) is 44.9 Å². The largest absolute Gasteiger partial charge is 0.331 e. The predicted octanol–water partition coefficient (Wildman–Crippen LogP) is 1.62. The van der Waals surface area contributed by atoms with Gasteiger partial charge in [0.05, 0.1) is 0 Å². The van der Waals surface area contributed by atoms with Gasteiger partial charge in [-0.1, -0.05) is 19.3 Å². The van der Waals surface area contributed by atoms with Crippen LogP contribution in [0.25, 0.3) is 0 Å². The summed E-state index contributed by atoms with van der Waals surface area (Å²) in [6.45, 7) is 1.76. The second kappa shape index (κ2) is 4.39. The highest BCUT2D eigenvalue weighted by Gasteiger charge is 2.36. The quantitative estimate of drug-likeness (QED) is 0.363. The summed E-state index contributed by atoms with van der Waals surface area (Å²) in [5, 5.41) is 0. The fourth-order valence-electron chi connectivity index (χ4n) is 3.08. The summed E-state index contributed by atoms with van der Waals surface area (Å²) in [6.07, 6.45) is 9.22. The van der Waals surface area contributed by atoms with Crippen LogP contribution in [-0.2, 0) is 0 Å². The predicted molar refractivity (Wildman–Crippen MR) is 59.0 cm³/mol. The Labute approximate surface area is 91.2 Å². The number of nitrogens with one attached hydrogen (secondary N) is 1. The van der Waals surface area contributed by atoms with Crippen LogP contribution in [0.4, 0.5) is 4.79 Å². The van der Waals surface area contributed by atoms with Gasteiger partial charge in [-0.05, 0) is 31.1 Å². The molecule has 15 heavy (non-hydrogen) atoms. The maximum atomic E-state index is 11.3. The summed E-state index contributed by atoms with van der Waals surface area (Å²) in [5.41, 5.74) is 2.77. The van der Waals surface area contributed by atoms with Crippen LogP contribution < -0.4 is 11.3 Å². The number of hydrogen-bond donors (Lipinski definition) is 2. The van der Waals surface area contributed by atoms with Gasteiger partial charge < -0.3 is 4.90 Å². The molecule has 1 saturated carbocycles. The van der Waals surface area contributed by atoms with Crippen LogP contribution in [0.2, 0.25) is 0 Å². The average molecular weight is 211 g/mol. The molecule has 1 heterocycles. The van der Waals surface area contributed by atoms with Gasteiger partial charge in [0.2, 0.25) is 0 Å². The number of carbonyl (C=O) groups is 1. The lowest BCUT2D eigenvalue weighted by atomic mass is 9.68. The molecule has 0 aromatic carbocycles. The number of urea groups is 1. The molecule has 2 aliphatic rings. The van der Waals surface area contributed by atoms with E-state index in [-0.39, 0.29) is 6.03 Å². The van der Waals surface area contributed by atoms with E-state index in [2.05, 4.69) is 5.43 Å².